The Labute approximate surface area is 76.9 Å². The number of nitrogens with one attached hydrogen (secondary N) is 1. The summed E-state index contributed by atoms with van der Waals surface area (Å²) in [4.78, 5) is 22.1. The standard InChI is InChI=1S/C9H13NO3/c1-4-7-5-9(7,6(2)11)10-8(12)13-3/h4,7H,1,5H2,2-3H3,(H,10,12)/t7-,9+/m0/s1. The van der Waals surface area contributed by atoms with Gasteiger partial charge < -0.3 is 10.1 Å². The molecule has 0 heterocycles. The number of carbonyl (C=O) groups excluding carboxylic acids is 2. The van der Waals surface area contributed by atoms with E-state index in [4.69, 9.17) is 0 Å². The predicted molar refractivity (Wildman–Crippen MR) is 47.3 cm³/mol. The molecular weight excluding hydrogens is 170 g/mol. The summed E-state index contributed by atoms with van der Waals surface area (Å²) < 4.78 is 4.43. The van der Waals surface area contributed by atoms with Gasteiger partial charge in [0.15, 0.2) is 5.78 Å². The molecular formula is C9H13NO3. The number of rotatable bonds is 3. The van der Waals surface area contributed by atoms with E-state index < -0.39 is 11.6 Å². The van der Waals surface area contributed by atoms with Crippen molar-refractivity contribution in [3.05, 3.63) is 12.7 Å². The molecule has 0 aromatic carbocycles. The number of ketones is 1. The average Bonchev–Trinajstić information content (AvgIpc) is 2.80. The van der Waals surface area contributed by atoms with Gasteiger partial charge in [-0.1, -0.05) is 6.08 Å². The van der Waals surface area contributed by atoms with Gasteiger partial charge in [0.25, 0.3) is 0 Å². The number of carbonyl (C=O) groups is 2. The first-order valence-corrected chi connectivity index (χ1v) is 4.06. The maximum atomic E-state index is 11.2. The molecule has 0 unspecified atom stereocenters. The zero-order chi connectivity index (χ0) is 10.1. The van der Waals surface area contributed by atoms with Crippen LogP contribution >= 0.6 is 0 Å². The summed E-state index contributed by atoms with van der Waals surface area (Å²) in [5, 5.41) is 2.54. The van der Waals surface area contributed by atoms with E-state index in [1.807, 2.05) is 0 Å². The van der Waals surface area contributed by atoms with Gasteiger partial charge in [-0.3, -0.25) is 4.79 Å². The topological polar surface area (TPSA) is 55.4 Å². The van der Waals surface area contributed by atoms with E-state index in [2.05, 4.69) is 16.6 Å². The average molecular weight is 183 g/mol. The van der Waals surface area contributed by atoms with E-state index >= 15 is 0 Å². The van der Waals surface area contributed by atoms with Gasteiger partial charge in [-0.05, 0) is 13.3 Å². The van der Waals surface area contributed by atoms with Gasteiger partial charge in [-0.2, -0.15) is 0 Å². The Morgan fingerprint density at radius 1 is 1.69 bits per heavy atom. The lowest BCUT2D eigenvalue weighted by atomic mass is 10.1. The van der Waals surface area contributed by atoms with Crippen LogP contribution in [-0.4, -0.2) is 24.5 Å². The van der Waals surface area contributed by atoms with Crippen LogP contribution in [0.15, 0.2) is 12.7 Å². The van der Waals surface area contributed by atoms with Gasteiger partial charge in [-0.15, -0.1) is 6.58 Å². The second-order valence-corrected chi connectivity index (χ2v) is 3.19. The third-order valence-corrected chi connectivity index (χ3v) is 2.44. The molecule has 1 amide bonds. The minimum atomic E-state index is -0.741. The monoisotopic (exact) mass is 183 g/mol. The summed E-state index contributed by atoms with van der Waals surface area (Å²) in [6, 6.07) is 0. The van der Waals surface area contributed by atoms with E-state index in [-0.39, 0.29) is 11.7 Å². The van der Waals surface area contributed by atoms with Crippen molar-refractivity contribution in [1.29, 1.82) is 0 Å². The molecule has 1 aliphatic carbocycles. The molecule has 1 N–H and O–H groups in total. The van der Waals surface area contributed by atoms with Gasteiger partial charge in [0, 0.05) is 5.92 Å². The van der Waals surface area contributed by atoms with Crippen molar-refractivity contribution in [3.8, 4) is 0 Å². The molecule has 4 heteroatoms. The number of hydrogen-bond acceptors (Lipinski definition) is 3. The Balaban J connectivity index is 2.67. The van der Waals surface area contributed by atoms with Gasteiger partial charge in [-0.25, -0.2) is 4.79 Å². The number of alkyl carbamates (subject to hydrolysis) is 1. The Kier molecular flexibility index (Phi) is 2.40. The lowest BCUT2D eigenvalue weighted by Crippen LogP contribution is -2.43. The van der Waals surface area contributed by atoms with Crippen LogP contribution in [-0.2, 0) is 9.53 Å². The van der Waals surface area contributed by atoms with Crippen molar-refractivity contribution in [2.45, 2.75) is 18.9 Å². The summed E-state index contributed by atoms with van der Waals surface area (Å²) in [6.45, 7) is 5.05. The first-order chi connectivity index (χ1) is 6.06. The van der Waals surface area contributed by atoms with Crippen LogP contribution in [0.2, 0.25) is 0 Å². The van der Waals surface area contributed by atoms with E-state index in [1.165, 1.54) is 14.0 Å². The van der Waals surface area contributed by atoms with Crippen LogP contribution < -0.4 is 5.32 Å². The molecule has 1 rings (SSSR count). The van der Waals surface area contributed by atoms with Crippen molar-refractivity contribution in [2.75, 3.05) is 7.11 Å². The molecule has 0 bridgehead atoms. The third-order valence-electron chi connectivity index (χ3n) is 2.44. The second kappa shape index (κ2) is 3.20. The van der Waals surface area contributed by atoms with Crippen molar-refractivity contribution in [3.63, 3.8) is 0 Å². The van der Waals surface area contributed by atoms with Gasteiger partial charge in [0.05, 0.1) is 7.11 Å². The molecule has 0 radical (unpaired) electrons. The molecule has 1 saturated carbocycles. The summed E-state index contributed by atoms with van der Waals surface area (Å²) in [5.41, 5.74) is -0.741. The second-order valence-electron chi connectivity index (χ2n) is 3.19. The maximum absolute atomic E-state index is 11.2. The van der Waals surface area contributed by atoms with Crippen molar-refractivity contribution >= 4 is 11.9 Å². The number of hydrogen-bond donors (Lipinski definition) is 1. The zero-order valence-electron chi connectivity index (χ0n) is 7.79. The van der Waals surface area contributed by atoms with Crippen LogP contribution in [0.25, 0.3) is 0 Å². The lowest BCUT2D eigenvalue weighted by Gasteiger charge is -2.13. The molecule has 4 nitrogen and oxygen atoms in total. The molecule has 2 atom stereocenters. The molecule has 1 aliphatic rings. The molecule has 13 heavy (non-hydrogen) atoms. The summed E-state index contributed by atoms with van der Waals surface area (Å²) >= 11 is 0. The van der Waals surface area contributed by atoms with Crippen LogP contribution in [0.1, 0.15) is 13.3 Å². The fourth-order valence-corrected chi connectivity index (χ4v) is 1.44. The highest BCUT2D eigenvalue weighted by Crippen LogP contribution is 2.44. The number of Topliss-reactive ketones (excluding diaryl/α,β-unsaturated/α-hetero) is 1. The van der Waals surface area contributed by atoms with Crippen molar-refractivity contribution in [2.24, 2.45) is 5.92 Å². The largest absolute Gasteiger partial charge is 0.453 e. The van der Waals surface area contributed by atoms with E-state index in [1.54, 1.807) is 6.08 Å². The molecule has 72 valence electrons. The van der Waals surface area contributed by atoms with Crippen molar-refractivity contribution < 1.29 is 14.3 Å². The third kappa shape index (κ3) is 1.56. The van der Waals surface area contributed by atoms with Crippen LogP contribution in [0.5, 0.6) is 0 Å². The molecule has 0 aromatic rings. The first kappa shape index (κ1) is 9.77. The van der Waals surface area contributed by atoms with E-state index in [0.29, 0.717) is 6.42 Å². The summed E-state index contributed by atoms with van der Waals surface area (Å²) in [6.07, 6.45) is 1.73. The highest BCUT2D eigenvalue weighted by atomic mass is 16.5. The van der Waals surface area contributed by atoms with E-state index in [9.17, 15) is 9.59 Å². The van der Waals surface area contributed by atoms with Crippen LogP contribution in [0.4, 0.5) is 4.79 Å². The summed E-state index contributed by atoms with van der Waals surface area (Å²) in [7, 11) is 1.27. The molecule has 0 aromatic heterocycles. The van der Waals surface area contributed by atoms with Gasteiger partial charge >= 0.3 is 6.09 Å². The fraction of sp³-hybridized carbons (Fsp3) is 0.556. The summed E-state index contributed by atoms with van der Waals surface area (Å²) in [5.74, 6) is -0.00750. The normalized spacial score (nSPS) is 30.5. The SMILES string of the molecule is C=C[C@H]1C[C@@]1(NC(=O)OC)C(C)=O. The minimum Gasteiger partial charge on any atom is -0.453 e. The highest BCUT2D eigenvalue weighted by Gasteiger charge is 2.57. The van der Waals surface area contributed by atoms with Crippen LogP contribution in [0.3, 0.4) is 0 Å². The van der Waals surface area contributed by atoms with Crippen LogP contribution in [0, 0.1) is 5.92 Å². The highest BCUT2D eigenvalue weighted by molar-refractivity contribution is 5.93. The molecule has 1 fully saturated rings. The predicted octanol–water partition coefficient (Wildman–Crippen LogP) is 0.876. The molecule has 0 aliphatic heterocycles. The quantitative estimate of drug-likeness (QED) is 0.661. The Bertz CT molecular complexity index is 262. The maximum Gasteiger partial charge on any atom is 0.407 e. The zero-order valence-corrected chi connectivity index (χ0v) is 7.79. The van der Waals surface area contributed by atoms with Crippen molar-refractivity contribution in [1.82, 2.24) is 5.32 Å². The number of amides is 1. The number of ether oxygens (including phenoxy) is 1. The Morgan fingerprint density at radius 2 is 2.31 bits per heavy atom. The minimum absolute atomic E-state index is 0.0455. The van der Waals surface area contributed by atoms with E-state index in [0.717, 1.165) is 0 Å². The van der Waals surface area contributed by atoms with Gasteiger partial charge in [0.2, 0.25) is 0 Å². The van der Waals surface area contributed by atoms with Gasteiger partial charge in [0.1, 0.15) is 5.54 Å². The molecule has 0 spiro atoms. The first-order valence-electron chi connectivity index (χ1n) is 4.06. The lowest BCUT2D eigenvalue weighted by molar-refractivity contribution is -0.120. The molecule has 0 saturated heterocycles. The smallest absolute Gasteiger partial charge is 0.407 e. The Hall–Kier alpha value is -1.32. The fourth-order valence-electron chi connectivity index (χ4n) is 1.44. The Morgan fingerprint density at radius 3 is 2.62 bits per heavy atom. The number of methoxy groups -OCH3 is 1.